The first-order chi connectivity index (χ1) is 11.9. The molecular formula is C16H13ClF2N4O2. The Hall–Kier alpha value is -2.50. The summed E-state index contributed by atoms with van der Waals surface area (Å²) in [5.41, 5.74) is 0.602. The zero-order valence-electron chi connectivity index (χ0n) is 12.9. The summed E-state index contributed by atoms with van der Waals surface area (Å²) in [5, 5.41) is 14.4. The Morgan fingerprint density at radius 3 is 2.84 bits per heavy atom. The number of ether oxygens (including phenoxy) is 1. The number of nitrogens with zero attached hydrogens (tertiary/aromatic N) is 3. The summed E-state index contributed by atoms with van der Waals surface area (Å²) < 4.78 is 33.8. The van der Waals surface area contributed by atoms with Crippen LogP contribution in [0.4, 0.5) is 14.5 Å². The zero-order chi connectivity index (χ0) is 18.0. The first kappa shape index (κ1) is 17.3. The highest BCUT2D eigenvalue weighted by Crippen LogP contribution is 2.33. The van der Waals surface area contributed by atoms with Crippen molar-refractivity contribution in [1.29, 1.82) is 5.26 Å². The van der Waals surface area contributed by atoms with Crippen molar-refractivity contribution in [3.8, 4) is 6.07 Å². The summed E-state index contributed by atoms with van der Waals surface area (Å²) in [6.45, 7) is -0.811. The van der Waals surface area contributed by atoms with Crippen LogP contribution < -0.4 is 10.5 Å². The lowest BCUT2D eigenvalue weighted by atomic mass is 10.1. The molecule has 1 atom stereocenters. The smallest absolute Gasteiger partial charge is 0.292 e. The van der Waals surface area contributed by atoms with E-state index in [1.54, 1.807) is 24.3 Å². The molecule has 0 aliphatic carbocycles. The monoisotopic (exact) mass is 366 g/mol. The molecule has 0 spiro atoms. The average Bonchev–Trinajstić information content (AvgIpc) is 2.90. The van der Waals surface area contributed by atoms with E-state index in [9.17, 15) is 13.6 Å². The van der Waals surface area contributed by atoms with Crippen LogP contribution >= 0.6 is 11.6 Å². The van der Waals surface area contributed by atoms with E-state index >= 15 is 0 Å². The first-order valence-corrected chi connectivity index (χ1v) is 7.75. The van der Waals surface area contributed by atoms with Gasteiger partial charge in [0.25, 0.3) is 11.5 Å². The Kier molecular flexibility index (Phi) is 4.70. The number of aromatic nitrogens is 2. The van der Waals surface area contributed by atoms with E-state index in [-0.39, 0.29) is 24.0 Å². The van der Waals surface area contributed by atoms with E-state index in [1.165, 1.54) is 11.0 Å². The number of rotatable bonds is 4. The highest BCUT2D eigenvalue weighted by Gasteiger charge is 2.49. The topological polar surface area (TPSA) is 82.0 Å². The molecule has 25 heavy (non-hydrogen) atoms. The molecule has 1 aliphatic heterocycles. The maximum absolute atomic E-state index is 14.2. The van der Waals surface area contributed by atoms with Gasteiger partial charge >= 0.3 is 0 Å². The lowest BCUT2D eigenvalue weighted by molar-refractivity contribution is -0.110. The Morgan fingerprint density at radius 2 is 2.16 bits per heavy atom. The number of H-pyrrole nitrogens is 1. The van der Waals surface area contributed by atoms with Gasteiger partial charge in [-0.25, -0.2) is 13.9 Å². The van der Waals surface area contributed by atoms with E-state index < -0.39 is 24.1 Å². The highest BCUT2D eigenvalue weighted by molar-refractivity contribution is 6.29. The van der Waals surface area contributed by atoms with Gasteiger partial charge < -0.3 is 9.64 Å². The fraction of sp³-hybridized carbons (Fsp3) is 0.312. The summed E-state index contributed by atoms with van der Waals surface area (Å²) in [6, 6.07) is 9.72. The van der Waals surface area contributed by atoms with E-state index in [2.05, 4.69) is 10.2 Å². The van der Waals surface area contributed by atoms with Gasteiger partial charge in [-0.2, -0.15) is 10.4 Å². The Bertz CT molecular complexity index is 864. The number of aromatic amines is 1. The van der Waals surface area contributed by atoms with Gasteiger partial charge in [-0.05, 0) is 17.7 Å². The van der Waals surface area contributed by atoms with Gasteiger partial charge in [-0.15, -0.1) is 0 Å². The molecule has 1 saturated heterocycles. The van der Waals surface area contributed by atoms with E-state index in [1.807, 2.05) is 6.07 Å². The molecule has 3 rings (SSSR count). The number of hydrogen-bond acceptors (Lipinski definition) is 5. The standard InChI is InChI=1S/C16H13ClF2N4O2/c17-14-5-12(15(24)22-21-14)23-7-13(16(18,19)9-23)25-8-11-3-1-10(6-20)2-4-11/h1-5,13H,7-9H2,(H,22,24). The van der Waals surface area contributed by atoms with Crippen LogP contribution in [0.15, 0.2) is 35.1 Å². The van der Waals surface area contributed by atoms with Gasteiger partial charge in [0.1, 0.15) is 11.8 Å². The molecule has 6 nitrogen and oxygen atoms in total. The molecule has 1 fully saturated rings. The minimum absolute atomic E-state index is 0.0138. The van der Waals surface area contributed by atoms with Crippen molar-refractivity contribution in [1.82, 2.24) is 10.2 Å². The van der Waals surface area contributed by atoms with Crippen LogP contribution in [0.2, 0.25) is 5.15 Å². The molecule has 1 aliphatic rings. The van der Waals surface area contributed by atoms with Crippen LogP contribution in [0.3, 0.4) is 0 Å². The minimum Gasteiger partial charge on any atom is -0.365 e. The summed E-state index contributed by atoms with van der Waals surface area (Å²) >= 11 is 5.72. The second-order valence-electron chi connectivity index (χ2n) is 5.65. The van der Waals surface area contributed by atoms with Crippen LogP contribution in [-0.2, 0) is 11.3 Å². The van der Waals surface area contributed by atoms with Gasteiger partial charge in [-0.3, -0.25) is 4.79 Å². The predicted octanol–water partition coefficient (Wildman–Crippen LogP) is 2.34. The number of nitriles is 1. The van der Waals surface area contributed by atoms with E-state index in [0.717, 1.165) is 0 Å². The lowest BCUT2D eigenvalue weighted by Gasteiger charge is -2.17. The SMILES string of the molecule is N#Cc1ccc(COC2CN(c3cc(Cl)n[nH]c3=O)CC2(F)F)cc1. The second-order valence-corrected chi connectivity index (χ2v) is 6.04. The molecule has 2 heterocycles. The number of alkyl halides is 2. The normalized spacial score (nSPS) is 19.0. The van der Waals surface area contributed by atoms with E-state index in [4.69, 9.17) is 21.6 Å². The van der Waals surface area contributed by atoms with Gasteiger partial charge in [0.05, 0.1) is 31.3 Å². The quantitative estimate of drug-likeness (QED) is 0.898. The molecular weight excluding hydrogens is 354 g/mol. The third kappa shape index (κ3) is 3.78. The predicted molar refractivity (Wildman–Crippen MR) is 86.8 cm³/mol. The summed E-state index contributed by atoms with van der Waals surface area (Å²) in [5.74, 6) is -3.12. The fourth-order valence-corrected chi connectivity index (χ4v) is 2.74. The van der Waals surface area contributed by atoms with Crippen molar-refractivity contribution in [2.75, 3.05) is 18.0 Å². The molecule has 1 aromatic heterocycles. The van der Waals surface area contributed by atoms with Crippen molar-refractivity contribution >= 4 is 17.3 Å². The number of benzene rings is 1. The Morgan fingerprint density at radius 1 is 1.44 bits per heavy atom. The molecule has 0 radical (unpaired) electrons. The third-order valence-corrected chi connectivity index (χ3v) is 4.08. The molecule has 1 aromatic carbocycles. The van der Waals surface area contributed by atoms with Crippen molar-refractivity contribution in [2.24, 2.45) is 0 Å². The fourth-order valence-electron chi connectivity index (χ4n) is 2.59. The third-order valence-electron chi connectivity index (χ3n) is 3.89. The van der Waals surface area contributed by atoms with E-state index in [0.29, 0.717) is 11.1 Å². The lowest BCUT2D eigenvalue weighted by Crippen LogP contribution is -2.34. The van der Waals surface area contributed by atoms with Gasteiger partial charge in [0.2, 0.25) is 0 Å². The van der Waals surface area contributed by atoms with Crippen LogP contribution in [0.25, 0.3) is 0 Å². The summed E-state index contributed by atoms with van der Waals surface area (Å²) in [6.07, 6.45) is -1.37. The zero-order valence-corrected chi connectivity index (χ0v) is 13.6. The van der Waals surface area contributed by atoms with Crippen molar-refractivity contribution < 1.29 is 13.5 Å². The maximum atomic E-state index is 14.2. The number of hydrogen-bond donors (Lipinski definition) is 1. The van der Waals surface area contributed by atoms with Crippen LogP contribution in [0, 0.1) is 11.3 Å². The Balaban J connectivity index is 1.70. The largest absolute Gasteiger partial charge is 0.365 e. The van der Waals surface area contributed by atoms with Gasteiger partial charge in [0, 0.05) is 6.07 Å². The van der Waals surface area contributed by atoms with Crippen molar-refractivity contribution in [2.45, 2.75) is 18.6 Å². The second kappa shape index (κ2) is 6.78. The molecule has 0 bridgehead atoms. The Labute approximate surface area is 146 Å². The molecule has 0 saturated carbocycles. The van der Waals surface area contributed by atoms with Crippen molar-refractivity contribution in [3.63, 3.8) is 0 Å². The highest BCUT2D eigenvalue weighted by atomic mass is 35.5. The van der Waals surface area contributed by atoms with Crippen LogP contribution in [0.5, 0.6) is 0 Å². The summed E-state index contributed by atoms with van der Waals surface area (Å²) in [4.78, 5) is 13.0. The van der Waals surface area contributed by atoms with Crippen LogP contribution in [0.1, 0.15) is 11.1 Å². The minimum atomic E-state index is -3.12. The molecule has 0 amide bonds. The van der Waals surface area contributed by atoms with Gasteiger partial charge in [0.15, 0.2) is 5.15 Å². The molecule has 130 valence electrons. The maximum Gasteiger partial charge on any atom is 0.292 e. The molecule has 1 N–H and O–H groups in total. The molecule has 9 heteroatoms. The molecule has 1 unspecified atom stereocenters. The molecule has 2 aromatic rings. The first-order valence-electron chi connectivity index (χ1n) is 7.38. The number of halogens is 3. The average molecular weight is 367 g/mol. The number of anilines is 1. The number of nitrogens with one attached hydrogen (secondary N) is 1. The van der Waals surface area contributed by atoms with Crippen LogP contribution in [-0.4, -0.2) is 35.3 Å². The summed E-state index contributed by atoms with van der Waals surface area (Å²) in [7, 11) is 0. The van der Waals surface area contributed by atoms with Gasteiger partial charge in [-0.1, -0.05) is 23.7 Å². The van der Waals surface area contributed by atoms with Crippen molar-refractivity contribution in [3.05, 3.63) is 57.0 Å².